The summed E-state index contributed by atoms with van der Waals surface area (Å²) in [5.41, 5.74) is 5.40. The van der Waals surface area contributed by atoms with E-state index in [-0.39, 0.29) is 32.6 Å². The first-order chi connectivity index (χ1) is 43.8. The number of esters is 2. The van der Waals surface area contributed by atoms with Crippen LogP contribution in [0.2, 0.25) is 0 Å². The van der Waals surface area contributed by atoms with E-state index in [2.05, 4.69) is 220 Å². The topological polar surface area (TPSA) is 134 Å². The van der Waals surface area contributed by atoms with Crippen LogP contribution in [0.25, 0.3) is 0 Å². The molecule has 0 amide bonds. The van der Waals surface area contributed by atoms with Crippen molar-refractivity contribution in [3.8, 4) is 0 Å². The van der Waals surface area contributed by atoms with Gasteiger partial charge in [-0.3, -0.25) is 18.6 Å². The van der Waals surface area contributed by atoms with Crippen molar-refractivity contribution in [2.24, 2.45) is 5.73 Å². The predicted octanol–water partition coefficient (Wildman–Crippen LogP) is 23.1. The van der Waals surface area contributed by atoms with Crippen molar-refractivity contribution in [2.75, 3.05) is 26.4 Å². The van der Waals surface area contributed by atoms with Crippen molar-refractivity contribution in [2.45, 2.75) is 251 Å². The lowest BCUT2D eigenvalue weighted by molar-refractivity contribution is -0.161. The Labute approximate surface area is 544 Å². The van der Waals surface area contributed by atoms with Crippen LogP contribution in [0.3, 0.4) is 0 Å². The number of allylic oxidation sites excluding steroid dienone is 34. The predicted molar refractivity (Wildman–Crippen MR) is 385 cm³/mol. The van der Waals surface area contributed by atoms with E-state index in [1.807, 2.05) is 0 Å². The number of hydrogen-bond donors (Lipinski definition) is 2. The van der Waals surface area contributed by atoms with Crippen molar-refractivity contribution in [3.63, 3.8) is 0 Å². The van der Waals surface area contributed by atoms with Gasteiger partial charge in [-0.2, -0.15) is 0 Å². The Kier molecular flexibility index (Phi) is 67.3. The Hall–Kier alpha value is -5.41. The molecule has 0 saturated heterocycles. The normalized spacial score (nSPS) is 14.2. The molecule has 10 heteroatoms. The molecule has 498 valence electrons. The Morgan fingerprint density at radius 1 is 0.337 bits per heavy atom. The molecular formula is C79H124NO8P. The molecule has 0 aliphatic carbocycles. The van der Waals surface area contributed by atoms with Gasteiger partial charge < -0.3 is 20.1 Å². The van der Waals surface area contributed by atoms with Crippen molar-refractivity contribution in [3.05, 3.63) is 207 Å². The summed E-state index contributed by atoms with van der Waals surface area (Å²) >= 11 is 0. The number of nitrogens with two attached hydrogens (primary N) is 1. The zero-order chi connectivity index (χ0) is 64.4. The van der Waals surface area contributed by atoms with E-state index in [0.717, 1.165) is 167 Å². The summed E-state index contributed by atoms with van der Waals surface area (Å²) in [4.78, 5) is 35.4. The van der Waals surface area contributed by atoms with Crippen LogP contribution in [-0.2, 0) is 32.7 Å². The minimum Gasteiger partial charge on any atom is -0.462 e. The smallest absolute Gasteiger partial charge is 0.462 e. The van der Waals surface area contributed by atoms with Crippen molar-refractivity contribution < 1.29 is 37.6 Å². The van der Waals surface area contributed by atoms with E-state index in [4.69, 9.17) is 24.3 Å². The number of carbonyl (C=O) groups is 2. The summed E-state index contributed by atoms with van der Waals surface area (Å²) in [5.74, 6) is -0.870. The van der Waals surface area contributed by atoms with Gasteiger partial charge in [-0.25, -0.2) is 4.57 Å². The van der Waals surface area contributed by atoms with Crippen molar-refractivity contribution in [1.29, 1.82) is 0 Å². The molecule has 0 aliphatic rings. The van der Waals surface area contributed by atoms with Gasteiger partial charge in [0.15, 0.2) is 6.10 Å². The van der Waals surface area contributed by atoms with Gasteiger partial charge in [0, 0.05) is 19.4 Å². The number of carbonyl (C=O) groups excluding carboxylic acids is 2. The maximum absolute atomic E-state index is 12.8. The molecule has 3 N–H and O–H groups in total. The van der Waals surface area contributed by atoms with Gasteiger partial charge in [-0.05, 0) is 148 Å². The van der Waals surface area contributed by atoms with Crippen LogP contribution >= 0.6 is 7.82 Å². The summed E-state index contributed by atoms with van der Waals surface area (Å²) in [5, 5.41) is 0. The first kappa shape index (κ1) is 83.6. The van der Waals surface area contributed by atoms with E-state index >= 15 is 0 Å². The van der Waals surface area contributed by atoms with Crippen LogP contribution in [0, 0.1) is 0 Å². The largest absolute Gasteiger partial charge is 0.472 e. The Morgan fingerprint density at radius 3 is 0.865 bits per heavy atom. The van der Waals surface area contributed by atoms with Gasteiger partial charge in [0.25, 0.3) is 0 Å². The minimum atomic E-state index is -4.42. The number of hydrogen-bond acceptors (Lipinski definition) is 8. The van der Waals surface area contributed by atoms with Crippen molar-refractivity contribution in [1.82, 2.24) is 0 Å². The highest BCUT2D eigenvalue weighted by atomic mass is 31.2. The summed E-state index contributed by atoms with van der Waals surface area (Å²) < 4.78 is 33.1. The Bertz CT molecular complexity index is 2210. The van der Waals surface area contributed by atoms with E-state index < -0.39 is 32.5 Å². The maximum atomic E-state index is 12.8. The number of ether oxygens (including phenoxy) is 2. The van der Waals surface area contributed by atoms with Gasteiger partial charge in [0.05, 0.1) is 13.2 Å². The van der Waals surface area contributed by atoms with E-state index in [0.29, 0.717) is 12.8 Å². The Balaban J connectivity index is 4.05. The fourth-order valence-corrected chi connectivity index (χ4v) is 9.41. The molecule has 0 aliphatic heterocycles. The fraction of sp³-hybridized carbons (Fsp3) is 0.544. The molecule has 2 unspecified atom stereocenters. The average Bonchev–Trinajstić information content (AvgIpc) is 3.68. The molecule has 2 atom stereocenters. The Morgan fingerprint density at radius 2 is 0.584 bits per heavy atom. The third kappa shape index (κ3) is 71.5. The number of unbranched alkanes of at least 4 members (excludes halogenated alkanes) is 15. The zero-order valence-corrected chi connectivity index (χ0v) is 56.7. The second-order valence-corrected chi connectivity index (χ2v) is 23.4. The van der Waals surface area contributed by atoms with Gasteiger partial charge in [0.2, 0.25) is 0 Å². The maximum Gasteiger partial charge on any atom is 0.472 e. The number of phosphoric acid groups is 1. The van der Waals surface area contributed by atoms with Gasteiger partial charge in [-0.15, -0.1) is 0 Å². The van der Waals surface area contributed by atoms with Gasteiger partial charge in [0.1, 0.15) is 6.61 Å². The number of rotatable bonds is 62. The molecule has 0 fully saturated rings. The zero-order valence-electron chi connectivity index (χ0n) is 55.8. The molecule has 0 radical (unpaired) electrons. The molecule has 0 aromatic heterocycles. The minimum absolute atomic E-state index is 0.0382. The van der Waals surface area contributed by atoms with Crippen LogP contribution in [0.1, 0.15) is 245 Å². The standard InChI is InChI=1S/C79H124NO8P/c1-3-5-7-9-11-13-15-17-19-21-23-25-27-29-31-33-34-35-36-37-38-39-40-41-42-44-46-48-50-52-54-56-58-60-62-64-66-68-70-72-79(82)88-77(76-87-89(83,84)86-74-73-80)75-85-78(81)71-69-67-65-63-61-59-57-55-53-51-49-47-45-43-32-30-28-26-24-22-20-18-16-14-12-10-8-6-4-2/h5-8,11-14,17-20,23-26,29-32,34-35,37-38,40-41,44-47,50,52,56,58,77H,3-4,9-10,15-16,21-22,27-28,33,36,39,42-43,48-49,51,53-55,57,59-76,80H2,1-2H3,(H,83,84)/b7-5-,8-6-,13-11-,14-12-,19-17-,20-18-,25-23-,26-24-,31-29-,32-30-,35-34-,38-37-,41-40-,46-44-,47-45-,52-50-,58-56-. The van der Waals surface area contributed by atoms with Gasteiger partial charge >= 0.3 is 19.8 Å². The third-order valence-electron chi connectivity index (χ3n) is 13.7. The number of phosphoric ester groups is 1. The van der Waals surface area contributed by atoms with Crippen LogP contribution in [0.4, 0.5) is 0 Å². The summed E-state index contributed by atoms with van der Waals surface area (Å²) in [7, 11) is -4.42. The molecule has 0 aromatic rings. The SMILES string of the molecule is CC/C=C\C/C=C\C/C=C\C/C=C\C/C=C\C/C=C\C/C=C\C/C=C\C/C=C\C/C=C\C/C=C\CCCCCCCC(=O)OC(COC(=O)CCCCCCCCCCCC/C=C\C/C=C\C/C=C\C/C=C\C/C=C\C/C=C\CC)COP(=O)(O)OCCN. The van der Waals surface area contributed by atoms with E-state index in [1.54, 1.807) is 0 Å². The van der Waals surface area contributed by atoms with Crippen molar-refractivity contribution >= 4 is 19.8 Å². The van der Waals surface area contributed by atoms with E-state index in [9.17, 15) is 19.0 Å². The highest BCUT2D eigenvalue weighted by Crippen LogP contribution is 2.43. The first-order valence-electron chi connectivity index (χ1n) is 34.6. The fourth-order valence-electron chi connectivity index (χ4n) is 8.64. The molecule has 0 bridgehead atoms. The summed E-state index contributed by atoms with van der Waals surface area (Å²) in [6.07, 6.45) is 110. The molecule has 0 heterocycles. The highest BCUT2D eigenvalue weighted by Gasteiger charge is 2.26. The average molecular weight is 1250 g/mol. The quantitative estimate of drug-likeness (QED) is 0.0264. The lowest BCUT2D eigenvalue weighted by Gasteiger charge is -2.19. The molecule has 89 heavy (non-hydrogen) atoms. The second-order valence-electron chi connectivity index (χ2n) is 21.9. The summed E-state index contributed by atoms with van der Waals surface area (Å²) in [6, 6.07) is 0. The highest BCUT2D eigenvalue weighted by molar-refractivity contribution is 7.47. The van der Waals surface area contributed by atoms with Crippen LogP contribution in [0.15, 0.2) is 207 Å². The monoisotopic (exact) mass is 1250 g/mol. The molecule has 0 saturated carbocycles. The lowest BCUT2D eigenvalue weighted by atomic mass is 10.1. The second kappa shape index (κ2) is 71.7. The van der Waals surface area contributed by atoms with Crippen LogP contribution < -0.4 is 5.73 Å². The molecule has 0 aromatic carbocycles. The molecular weight excluding hydrogens is 1120 g/mol. The molecule has 0 spiro atoms. The molecule has 0 rings (SSSR count). The van der Waals surface area contributed by atoms with Gasteiger partial charge in [-0.1, -0.05) is 291 Å². The third-order valence-corrected chi connectivity index (χ3v) is 14.6. The van der Waals surface area contributed by atoms with Crippen LogP contribution in [0.5, 0.6) is 0 Å². The van der Waals surface area contributed by atoms with E-state index in [1.165, 1.54) is 38.5 Å². The first-order valence-corrected chi connectivity index (χ1v) is 36.1. The molecule has 9 nitrogen and oxygen atoms in total. The lowest BCUT2D eigenvalue weighted by Crippen LogP contribution is -2.29. The summed E-state index contributed by atoms with van der Waals surface area (Å²) in [6.45, 7) is 3.47. The van der Waals surface area contributed by atoms with Crippen LogP contribution in [-0.4, -0.2) is 49.3 Å².